The highest BCUT2D eigenvalue weighted by atomic mass is 28.4. The molecule has 0 rings (SSSR count). The minimum absolute atomic E-state index is 0.216. The summed E-state index contributed by atoms with van der Waals surface area (Å²) in [6.45, 7) is 7.58. The lowest BCUT2D eigenvalue weighted by molar-refractivity contribution is -0.137. The molecule has 0 unspecified atom stereocenters. The molecule has 0 heterocycles. The molecule has 0 aliphatic heterocycles. The van der Waals surface area contributed by atoms with Crippen LogP contribution in [0.25, 0.3) is 0 Å². The summed E-state index contributed by atoms with van der Waals surface area (Å²) in [5.74, 6) is -0.409. The quantitative estimate of drug-likeness (QED) is 0.352. The van der Waals surface area contributed by atoms with Crippen molar-refractivity contribution >= 4 is 14.3 Å². The van der Waals surface area contributed by atoms with E-state index in [2.05, 4.69) is 6.58 Å². The summed E-state index contributed by atoms with van der Waals surface area (Å²) in [6.07, 6.45) is 1.07. The molecule has 0 N–H and O–H groups in total. The highest BCUT2D eigenvalue weighted by molar-refractivity contribution is 6.73. The molecule has 0 aromatic carbocycles. The van der Waals surface area contributed by atoms with Gasteiger partial charge in [0, 0.05) is 26.4 Å². The Bertz CT molecular complexity index is 237. The third kappa shape index (κ3) is 5.97. The largest absolute Gasteiger partial charge is 0.463 e. The number of carbonyl (C=O) groups is 1. The van der Waals surface area contributed by atoms with Crippen LogP contribution in [0.5, 0.6) is 0 Å². The molecule has 6 heteroatoms. The predicted octanol–water partition coefficient (Wildman–Crippen LogP) is 0.998. The highest BCUT2D eigenvalue weighted by Gasteiger charge is 2.37. The smallest absolute Gasteiger partial charge is 0.332 e. The van der Waals surface area contributed by atoms with Crippen LogP contribution >= 0.6 is 0 Å². The summed E-state index contributed by atoms with van der Waals surface area (Å²) in [7, 11) is 0.856. The molecule has 0 aromatic heterocycles. The van der Waals surface area contributed by atoms with Crippen LogP contribution in [0, 0.1) is 0 Å². The normalized spacial score (nSPS) is 11.3. The van der Waals surface area contributed by atoms with E-state index in [0.717, 1.165) is 0 Å². The molecular formula is C11H22O5Si. The number of esters is 1. The van der Waals surface area contributed by atoms with Crippen molar-refractivity contribution in [2.75, 3.05) is 39.5 Å². The summed E-state index contributed by atoms with van der Waals surface area (Å²) in [6, 6.07) is 0. The average Bonchev–Trinajstić information content (AvgIpc) is 2.27. The van der Waals surface area contributed by atoms with E-state index in [4.69, 9.17) is 18.6 Å². The fraction of sp³-hybridized carbons (Fsp3) is 0.727. The zero-order valence-corrected chi connectivity index (χ0v) is 12.1. The zero-order valence-electron chi connectivity index (χ0n) is 11.1. The Hall–Kier alpha value is -0.693. The molecule has 17 heavy (non-hydrogen) atoms. The molecular weight excluding hydrogens is 240 g/mol. The minimum atomic E-state index is -2.33. The molecule has 0 aliphatic carbocycles. The number of ether oxygens (including phenoxy) is 3. The van der Waals surface area contributed by atoms with Crippen molar-refractivity contribution in [2.24, 2.45) is 0 Å². The molecule has 0 saturated carbocycles. The molecule has 0 fully saturated rings. The van der Waals surface area contributed by atoms with Gasteiger partial charge in [-0.25, -0.2) is 4.79 Å². The Labute approximate surface area is 104 Å². The van der Waals surface area contributed by atoms with E-state index in [-0.39, 0.29) is 6.23 Å². The maximum absolute atomic E-state index is 11.4. The lowest BCUT2D eigenvalue weighted by atomic mass is 10.4. The van der Waals surface area contributed by atoms with Crippen molar-refractivity contribution in [3.63, 3.8) is 0 Å². The van der Waals surface area contributed by atoms with Gasteiger partial charge in [-0.3, -0.25) is 0 Å². The maximum Gasteiger partial charge on any atom is 0.332 e. The van der Waals surface area contributed by atoms with Gasteiger partial charge in [-0.15, -0.1) is 0 Å². The number of hydrogen-bond acceptors (Lipinski definition) is 5. The van der Waals surface area contributed by atoms with Gasteiger partial charge in [0.15, 0.2) is 0 Å². The van der Waals surface area contributed by atoms with Gasteiger partial charge in [-0.05, 0) is 13.8 Å². The fourth-order valence-electron chi connectivity index (χ4n) is 1.40. The lowest BCUT2D eigenvalue weighted by Crippen LogP contribution is -2.53. The summed E-state index contributed by atoms with van der Waals surface area (Å²) in [5, 5.41) is 0. The van der Waals surface area contributed by atoms with Gasteiger partial charge in [0.05, 0.1) is 12.5 Å². The van der Waals surface area contributed by atoms with Crippen LogP contribution in [-0.4, -0.2) is 53.8 Å². The first-order chi connectivity index (χ1) is 8.01. The third-order valence-electron chi connectivity index (χ3n) is 2.08. The Morgan fingerprint density at radius 2 is 1.71 bits per heavy atom. The van der Waals surface area contributed by atoms with Crippen molar-refractivity contribution in [1.29, 1.82) is 0 Å². The molecule has 0 amide bonds. The molecule has 5 nitrogen and oxygen atoms in total. The maximum atomic E-state index is 11.4. The van der Waals surface area contributed by atoms with Gasteiger partial charge in [0.2, 0.25) is 0 Å². The first-order valence-corrected chi connectivity index (χ1v) is 7.98. The van der Waals surface area contributed by atoms with Gasteiger partial charge >= 0.3 is 5.97 Å². The van der Waals surface area contributed by atoms with E-state index in [1.54, 1.807) is 21.1 Å². The van der Waals surface area contributed by atoms with Crippen LogP contribution in [0.15, 0.2) is 12.2 Å². The second-order valence-electron chi connectivity index (χ2n) is 3.84. The van der Waals surface area contributed by atoms with Gasteiger partial charge in [0.1, 0.15) is 6.23 Å². The number of rotatable bonds is 9. The van der Waals surface area contributed by atoms with Crippen molar-refractivity contribution in [1.82, 2.24) is 0 Å². The van der Waals surface area contributed by atoms with Crippen LogP contribution in [-0.2, 0) is 23.4 Å². The summed E-state index contributed by atoms with van der Waals surface area (Å²) in [4.78, 5) is 11.4. The van der Waals surface area contributed by atoms with Gasteiger partial charge in [-0.1, -0.05) is 6.58 Å². The highest BCUT2D eigenvalue weighted by Crippen LogP contribution is 2.09. The topological polar surface area (TPSA) is 54.0 Å². The summed E-state index contributed by atoms with van der Waals surface area (Å²) < 4.78 is 21.2. The predicted molar refractivity (Wildman–Crippen MR) is 66.9 cm³/mol. The molecule has 0 saturated heterocycles. The first-order valence-electron chi connectivity index (χ1n) is 5.45. The van der Waals surface area contributed by atoms with Crippen LogP contribution in [0.2, 0.25) is 0 Å². The van der Waals surface area contributed by atoms with Crippen LogP contribution in [0.3, 0.4) is 0 Å². The zero-order chi connectivity index (χ0) is 13.3. The standard InChI is InChI=1S/C11H22O5Si/c1-6-16-17(7-13-4,8-14-5)9-15-11(12)10(2)3/h2,6-9H2,1,3-5H3. The number of methoxy groups -OCH3 is 2. The van der Waals surface area contributed by atoms with E-state index in [1.165, 1.54) is 0 Å². The Morgan fingerprint density at radius 1 is 1.18 bits per heavy atom. The minimum Gasteiger partial charge on any atom is -0.463 e. The molecule has 0 aromatic rings. The molecule has 0 aliphatic rings. The molecule has 0 atom stereocenters. The van der Waals surface area contributed by atoms with E-state index < -0.39 is 14.3 Å². The molecule has 0 spiro atoms. The third-order valence-corrected chi connectivity index (χ3v) is 5.28. The lowest BCUT2D eigenvalue weighted by Gasteiger charge is -2.28. The van der Waals surface area contributed by atoms with Gasteiger partial charge in [0.25, 0.3) is 8.32 Å². The van der Waals surface area contributed by atoms with E-state index in [0.29, 0.717) is 24.6 Å². The average molecular weight is 262 g/mol. The molecule has 0 bridgehead atoms. The Morgan fingerprint density at radius 3 is 2.06 bits per heavy atom. The van der Waals surface area contributed by atoms with E-state index in [9.17, 15) is 4.79 Å². The van der Waals surface area contributed by atoms with Crippen LogP contribution < -0.4 is 0 Å². The first kappa shape index (κ1) is 16.3. The molecule has 100 valence electrons. The summed E-state index contributed by atoms with van der Waals surface area (Å²) >= 11 is 0. The molecule has 0 radical (unpaired) electrons. The second-order valence-corrected chi connectivity index (χ2v) is 7.36. The monoisotopic (exact) mass is 262 g/mol. The van der Waals surface area contributed by atoms with Crippen molar-refractivity contribution in [3.8, 4) is 0 Å². The van der Waals surface area contributed by atoms with Crippen molar-refractivity contribution in [3.05, 3.63) is 12.2 Å². The van der Waals surface area contributed by atoms with E-state index in [1.807, 2.05) is 6.92 Å². The Balaban J connectivity index is 4.53. The Kier molecular flexibility index (Phi) is 8.06. The fourth-order valence-corrected chi connectivity index (χ4v) is 3.96. The van der Waals surface area contributed by atoms with Crippen LogP contribution in [0.1, 0.15) is 13.8 Å². The van der Waals surface area contributed by atoms with Gasteiger partial charge in [-0.2, -0.15) is 0 Å². The number of carbonyl (C=O) groups excluding carboxylic acids is 1. The van der Waals surface area contributed by atoms with Gasteiger partial charge < -0.3 is 18.6 Å². The number of hydrogen-bond donors (Lipinski definition) is 0. The van der Waals surface area contributed by atoms with Crippen LogP contribution in [0.4, 0.5) is 0 Å². The van der Waals surface area contributed by atoms with Crippen molar-refractivity contribution in [2.45, 2.75) is 13.8 Å². The van der Waals surface area contributed by atoms with E-state index >= 15 is 0 Å². The second kappa shape index (κ2) is 8.41. The SMILES string of the molecule is C=C(C)C(=O)OC[Si](COC)(COC)OCC. The van der Waals surface area contributed by atoms with Crippen molar-refractivity contribution < 1.29 is 23.4 Å². The summed E-state index contributed by atoms with van der Waals surface area (Å²) in [5.41, 5.74) is 0.374.